The standard InChI is InChI=1S/C19H30N2/c1-2-3-4-8-13-21-15-18(16-11-12-16)20-14-19(21)17-9-6-5-7-10-17/h5-7,9-10,16,18-20H,2-4,8,11-15H2,1H3. The number of piperazine rings is 1. The van der Waals surface area contributed by atoms with Gasteiger partial charge in [-0.05, 0) is 37.3 Å². The second-order valence-electron chi connectivity index (χ2n) is 6.83. The van der Waals surface area contributed by atoms with Gasteiger partial charge in [-0.25, -0.2) is 0 Å². The van der Waals surface area contributed by atoms with Crippen molar-refractivity contribution in [1.29, 1.82) is 0 Å². The molecule has 0 bridgehead atoms. The topological polar surface area (TPSA) is 15.3 Å². The van der Waals surface area contributed by atoms with Crippen molar-refractivity contribution in [2.75, 3.05) is 19.6 Å². The molecule has 0 aromatic heterocycles. The quantitative estimate of drug-likeness (QED) is 0.762. The first-order chi connectivity index (χ1) is 10.4. The predicted octanol–water partition coefficient (Wildman–Crippen LogP) is 3.99. The first-order valence-corrected chi connectivity index (χ1v) is 8.91. The third-order valence-electron chi connectivity index (χ3n) is 5.12. The number of rotatable bonds is 7. The summed E-state index contributed by atoms with van der Waals surface area (Å²) in [6, 6.07) is 12.4. The van der Waals surface area contributed by atoms with Crippen LogP contribution in [0.1, 0.15) is 57.1 Å². The molecule has 2 atom stereocenters. The average molecular weight is 286 g/mol. The first kappa shape index (κ1) is 15.1. The SMILES string of the molecule is CCCCCCN1CC(C2CC2)NCC1c1ccccc1. The van der Waals surface area contributed by atoms with Gasteiger partial charge in [-0.2, -0.15) is 0 Å². The van der Waals surface area contributed by atoms with Gasteiger partial charge in [0.25, 0.3) is 0 Å². The van der Waals surface area contributed by atoms with Gasteiger partial charge in [0.2, 0.25) is 0 Å². The molecule has 21 heavy (non-hydrogen) atoms. The number of hydrogen-bond acceptors (Lipinski definition) is 2. The minimum absolute atomic E-state index is 0.572. The molecule has 1 aliphatic heterocycles. The minimum Gasteiger partial charge on any atom is -0.311 e. The molecule has 1 aliphatic carbocycles. The molecule has 2 nitrogen and oxygen atoms in total. The number of hydrogen-bond donors (Lipinski definition) is 1. The highest BCUT2D eigenvalue weighted by Crippen LogP contribution is 2.36. The lowest BCUT2D eigenvalue weighted by Gasteiger charge is -2.41. The maximum Gasteiger partial charge on any atom is 0.0473 e. The summed E-state index contributed by atoms with van der Waals surface area (Å²) in [5, 5.41) is 3.82. The van der Waals surface area contributed by atoms with Crippen molar-refractivity contribution < 1.29 is 0 Å². The number of unbranched alkanes of at least 4 members (excludes halogenated alkanes) is 3. The maximum atomic E-state index is 3.82. The van der Waals surface area contributed by atoms with Crippen molar-refractivity contribution in [2.45, 2.75) is 57.5 Å². The molecule has 2 fully saturated rings. The van der Waals surface area contributed by atoms with Crippen LogP contribution in [0.3, 0.4) is 0 Å². The molecular formula is C19H30N2. The van der Waals surface area contributed by atoms with Crippen molar-refractivity contribution in [3.8, 4) is 0 Å². The summed E-state index contributed by atoms with van der Waals surface area (Å²) in [5.41, 5.74) is 1.48. The smallest absolute Gasteiger partial charge is 0.0473 e. The molecule has 2 aliphatic rings. The van der Waals surface area contributed by atoms with Crippen molar-refractivity contribution in [3.63, 3.8) is 0 Å². The van der Waals surface area contributed by atoms with E-state index in [4.69, 9.17) is 0 Å². The third kappa shape index (κ3) is 4.08. The van der Waals surface area contributed by atoms with E-state index in [0.29, 0.717) is 6.04 Å². The summed E-state index contributed by atoms with van der Waals surface area (Å²) >= 11 is 0. The lowest BCUT2D eigenvalue weighted by Crippen LogP contribution is -2.53. The zero-order valence-corrected chi connectivity index (χ0v) is 13.4. The Bertz CT molecular complexity index is 413. The van der Waals surface area contributed by atoms with Crippen LogP contribution in [0.4, 0.5) is 0 Å². The Kier molecular flexibility index (Phi) is 5.32. The van der Waals surface area contributed by atoms with E-state index in [1.807, 2.05) is 0 Å². The Morgan fingerprint density at radius 2 is 1.90 bits per heavy atom. The van der Waals surface area contributed by atoms with E-state index in [0.717, 1.165) is 18.5 Å². The summed E-state index contributed by atoms with van der Waals surface area (Å²) in [5.74, 6) is 0.958. The summed E-state index contributed by atoms with van der Waals surface area (Å²) in [6.45, 7) is 5.93. The second-order valence-corrected chi connectivity index (χ2v) is 6.83. The largest absolute Gasteiger partial charge is 0.311 e. The van der Waals surface area contributed by atoms with E-state index < -0.39 is 0 Å². The van der Waals surface area contributed by atoms with E-state index in [9.17, 15) is 0 Å². The molecule has 0 amide bonds. The fraction of sp³-hybridized carbons (Fsp3) is 0.684. The third-order valence-corrected chi connectivity index (χ3v) is 5.12. The second kappa shape index (κ2) is 7.42. The van der Waals surface area contributed by atoms with E-state index in [-0.39, 0.29) is 0 Å². The van der Waals surface area contributed by atoms with Crippen LogP contribution >= 0.6 is 0 Å². The van der Waals surface area contributed by atoms with E-state index >= 15 is 0 Å². The van der Waals surface area contributed by atoms with Crippen LogP contribution < -0.4 is 5.32 Å². The van der Waals surface area contributed by atoms with E-state index in [1.54, 1.807) is 0 Å². The zero-order chi connectivity index (χ0) is 14.5. The van der Waals surface area contributed by atoms with Crippen LogP contribution in [0.2, 0.25) is 0 Å². The van der Waals surface area contributed by atoms with Crippen LogP contribution in [0.15, 0.2) is 30.3 Å². The van der Waals surface area contributed by atoms with Gasteiger partial charge in [0.1, 0.15) is 0 Å². The molecule has 2 heteroatoms. The summed E-state index contributed by atoms with van der Waals surface area (Å²) < 4.78 is 0. The fourth-order valence-corrected chi connectivity index (χ4v) is 3.64. The van der Waals surface area contributed by atoms with Crippen molar-refractivity contribution in [3.05, 3.63) is 35.9 Å². The van der Waals surface area contributed by atoms with Crippen LogP contribution in [0.5, 0.6) is 0 Å². The van der Waals surface area contributed by atoms with Gasteiger partial charge in [0.15, 0.2) is 0 Å². The molecule has 1 N–H and O–H groups in total. The highest BCUT2D eigenvalue weighted by atomic mass is 15.2. The van der Waals surface area contributed by atoms with Crippen LogP contribution in [-0.2, 0) is 0 Å². The van der Waals surface area contributed by atoms with Crippen LogP contribution in [0, 0.1) is 5.92 Å². The summed E-state index contributed by atoms with van der Waals surface area (Å²) in [4.78, 5) is 2.75. The molecule has 1 heterocycles. The van der Waals surface area contributed by atoms with Gasteiger partial charge in [0.05, 0.1) is 0 Å². The molecule has 2 unspecified atom stereocenters. The molecule has 0 radical (unpaired) electrons. The van der Waals surface area contributed by atoms with Crippen molar-refractivity contribution in [1.82, 2.24) is 10.2 Å². The lowest BCUT2D eigenvalue weighted by atomic mass is 9.98. The highest BCUT2D eigenvalue weighted by molar-refractivity contribution is 5.20. The lowest BCUT2D eigenvalue weighted by molar-refractivity contribution is 0.120. The van der Waals surface area contributed by atoms with Crippen LogP contribution in [0.25, 0.3) is 0 Å². The molecule has 116 valence electrons. The molecule has 3 rings (SSSR count). The molecule has 1 saturated carbocycles. The number of nitrogens with zero attached hydrogens (tertiary/aromatic N) is 1. The van der Waals surface area contributed by atoms with Gasteiger partial charge < -0.3 is 5.32 Å². The molecule has 0 spiro atoms. The molecule has 1 aromatic rings. The van der Waals surface area contributed by atoms with Gasteiger partial charge in [0, 0.05) is 25.2 Å². The summed E-state index contributed by atoms with van der Waals surface area (Å²) in [6.07, 6.45) is 8.34. The molecular weight excluding hydrogens is 256 g/mol. The Morgan fingerprint density at radius 1 is 1.10 bits per heavy atom. The molecule has 1 aromatic carbocycles. The Labute approximate surface area is 129 Å². The fourth-order valence-electron chi connectivity index (χ4n) is 3.64. The van der Waals surface area contributed by atoms with E-state index in [2.05, 4.69) is 47.5 Å². The monoisotopic (exact) mass is 286 g/mol. The van der Waals surface area contributed by atoms with Crippen molar-refractivity contribution >= 4 is 0 Å². The van der Waals surface area contributed by atoms with Crippen LogP contribution in [-0.4, -0.2) is 30.6 Å². The van der Waals surface area contributed by atoms with Gasteiger partial charge in [-0.15, -0.1) is 0 Å². The normalized spacial score (nSPS) is 26.9. The van der Waals surface area contributed by atoms with E-state index in [1.165, 1.54) is 57.2 Å². The first-order valence-electron chi connectivity index (χ1n) is 8.91. The zero-order valence-electron chi connectivity index (χ0n) is 13.4. The summed E-state index contributed by atoms with van der Waals surface area (Å²) in [7, 11) is 0. The number of benzene rings is 1. The van der Waals surface area contributed by atoms with Gasteiger partial charge in [-0.1, -0.05) is 56.5 Å². The predicted molar refractivity (Wildman–Crippen MR) is 89.4 cm³/mol. The average Bonchev–Trinajstić information content (AvgIpc) is 3.37. The van der Waals surface area contributed by atoms with Gasteiger partial charge in [-0.3, -0.25) is 4.90 Å². The Morgan fingerprint density at radius 3 is 2.62 bits per heavy atom. The Hall–Kier alpha value is -0.860. The minimum atomic E-state index is 0.572. The van der Waals surface area contributed by atoms with Crippen molar-refractivity contribution in [2.24, 2.45) is 5.92 Å². The molecule has 1 saturated heterocycles. The van der Waals surface area contributed by atoms with Gasteiger partial charge >= 0.3 is 0 Å². The maximum absolute atomic E-state index is 3.82. The highest BCUT2D eigenvalue weighted by Gasteiger charge is 2.37. The Balaban J connectivity index is 1.62. The number of nitrogens with one attached hydrogen (secondary N) is 1.